The third-order valence-electron chi connectivity index (χ3n) is 3.49. The van der Waals surface area contributed by atoms with E-state index in [9.17, 15) is 14.7 Å². The molecule has 18 heavy (non-hydrogen) atoms. The van der Waals surface area contributed by atoms with Crippen LogP contribution in [-0.4, -0.2) is 70.6 Å². The van der Waals surface area contributed by atoms with Crippen molar-refractivity contribution in [3.05, 3.63) is 0 Å². The van der Waals surface area contributed by atoms with Crippen LogP contribution in [0.15, 0.2) is 0 Å². The highest BCUT2D eigenvalue weighted by molar-refractivity contribution is 5.97. The number of urea groups is 1. The molecule has 0 saturated carbocycles. The van der Waals surface area contributed by atoms with Crippen LogP contribution >= 0.6 is 0 Å². The molecular weight excluding hydrogens is 240 g/mol. The number of nitrogens with zero attached hydrogens (tertiary/aromatic N) is 2. The monoisotopic (exact) mass is 258 g/mol. The minimum absolute atomic E-state index is 0.214. The fraction of sp³-hybridized carbons (Fsp3) is 0.818. The van der Waals surface area contributed by atoms with Gasteiger partial charge in [0.15, 0.2) is 0 Å². The number of imide groups is 1. The molecule has 0 aliphatic carbocycles. The smallest absolute Gasteiger partial charge is 0.328 e. The van der Waals surface area contributed by atoms with E-state index >= 15 is 0 Å². The Morgan fingerprint density at radius 3 is 2.67 bits per heavy atom. The summed E-state index contributed by atoms with van der Waals surface area (Å²) in [6, 6.07) is -0.422. The lowest BCUT2D eigenvalue weighted by molar-refractivity contribution is -0.138. The van der Waals surface area contributed by atoms with Crippen molar-refractivity contribution in [3.63, 3.8) is 0 Å². The molecule has 2 aliphatic heterocycles. The summed E-state index contributed by atoms with van der Waals surface area (Å²) in [7, 11) is 1.43. The van der Waals surface area contributed by atoms with E-state index in [0.29, 0.717) is 0 Å². The number of hydrogen-bond acceptors (Lipinski definition) is 5. The third kappa shape index (κ3) is 2.09. The number of hydrogen-bond donors (Lipinski definition) is 2. The molecule has 2 fully saturated rings. The number of carbonyl (C=O) groups is 2. The van der Waals surface area contributed by atoms with Crippen molar-refractivity contribution in [2.75, 3.05) is 20.2 Å². The average molecular weight is 258 g/mol. The van der Waals surface area contributed by atoms with Crippen LogP contribution in [0.3, 0.4) is 0 Å². The maximum atomic E-state index is 12.0. The van der Waals surface area contributed by atoms with E-state index in [0.717, 1.165) is 4.90 Å². The van der Waals surface area contributed by atoms with Crippen molar-refractivity contribution >= 4 is 11.9 Å². The van der Waals surface area contributed by atoms with E-state index < -0.39 is 24.5 Å². The summed E-state index contributed by atoms with van der Waals surface area (Å²) < 4.78 is 5.43. The molecule has 2 N–H and O–H groups in total. The van der Waals surface area contributed by atoms with E-state index in [4.69, 9.17) is 9.84 Å². The first-order chi connectivity index (χ1) is 8.45. The highest BCUT2D eigenvalue weighted by atomic mass is 16.5. The lowest BCUT2D eigenvalue weighted by Gasteiger charge is -2.38. The minimum atomic E-state index is -0.786. The quantitative estimate of drug-likeness (QED) is 0.662. The van der Waals surface area contributed by atoms with Gasteiger partial charge in [0.25, 0.3) is 0 Å². The van der Waals surface area contributed by atoms with E-state index in [-0.39, 0.29) is 31.4 Å². The Morgan fingerprint density at radius 1 is 1.44 bits per heavy atom. The summed E-state index contributed by atoms with van der Waals surface area (Å²) in [6.45, 7) is 1.73. The van der Waals surface area contributed by atoms with Crippen molar-refractivity contribution in [3.8, 4) is 0 Å². The lowest BCUT2D eigenvalue weighted by Crippen LogP contribution is -2.57. The Bertz CT molecular complexity index is 361. The molecule has 7 nitrogen and oxygen atoms in total. The van der Waals surface area contributed by atoms with Crippen LogP contribution in [0, 0.1) is 5.92 Å². The molecule has 7 heteroatoms. The minimum Gasteiger partial charge on any atom is -0.394 e. The van der Waals surface area contributed by atoms with Gasteiger partial charge in [-0.05, 0) is 0 Å². The van der Waals surface area contributed by atoms with Gasteiger partial charge in [-0.1, -0.05) is 6.92 Å². The van der Waals surface area contributed by atoms with Gasteiger partial charge in [-0.15, -0.1) is 0 Å². The van der Waals surface area contributed by atoms with Crippen molar-refractivity contribution in [2.45, 2.75) is 31.8 Å². The molecule has 0 aromatic carbocycles. The summed E-state index contributed by atoms with van der Waals surface area (Å²) in [5.74, 6) is -0.505. The first-order valence-electron chi connectivity index (χ1n) is 5.98. The number of carbonyl (C=O) groups excluding carboxylic acids is 2. The van der Waals surface area contributed by atoms with Crippen LogP contribution in [0.1, 0.15) is 13.3 Å². The second-order valence-electron chi connectivity index (χ2n) is 4.85. The fourth-order valence-electron chi connectivity index (χ4n) is 2.38. The van der Waals surface area contributed by atoms with Gasteiger partial charge in [-0.25, -0.2) is 4.79 Å². The highest BCUT2D eigenvalue weighted by Gasteiger charge is 2.43. The second kappa shape index (κ2) is 4.83. The van der Waals surface area contributed by atoms with Gasteiger partial charge in [0.05, 0.1) is 18.6 Å². The third-order valence-corrected chi connectivity index (χ3v) is 3.49. The zero-order valence-electron chi connectivity index (χ0n) is 10.4. The van der Waals surface area contributed by atoms with E-state index in [1.807, 2.05) is 0 Å². The van der Waals surface area contributed by atoms with Gasteiger partial charge in [0, 0.05) is 20.0 Å². The Balaban J connectivity index is 2.10. The van der Waals surface area contributed by atoms with Crippen LogP contribution in [0.2, 0.25) is 0 Å². The van der Waals surface area contributed by atoms with Gasteiger partial charge in [0.2, 0.25) is 5.91 Å². The average Bonchev–Trinajstić information content (AvgIpc) is 2.72. The predicted octanol–water partition coefficient (Wildman–Crippen LogP) is -1.02. The summed E-state index contributed by atoms with van der Waals surface area (Å²) in [6.07, 6.45) is -1.78. The number of aliphatic hydroxyl groups is 2. The molecule has 102 valence electrons. The summed E-state index contributed by atoms with van der Waals surface area (Å²) in [4.78, 5) is 26.1. The molecule has 2 rings (SSSR count). The van der Waals surface area contributed by atoms with Crippen molar-refractivity contribution in [2.24, 2.45) is 5.92 Å². The first-order valence-corrected chi connectivity index (χ1v) is 5.98. The van der Waals surface area contributed by atoms with Crippen molar-refractivity contribution in [1.29, 1.82) is 0 Å². The first kappa shape index (κ1) is 13.3. The van der Waals surface area contributed by atoms with Crippen LogP contribution < -0.4 is 0 Å². The van der Waals surface area contributed by atoms with Crippen LogP contribution in [0.5, 0.6) is 0 Å². The standard InChI is InChI=1S/C11H18N2O5/c1-6-4-13(11(17)12(2)10(6)16)9-3-7(15)8(5-14)18-9/h6-9,14-15H,3-5H2,1-2H3/t6?,7-,8+,9+/m0/s1. The van der Waals surface area contributed by atoms with Crippen molar-refractivity contribution in [1.82, 2.24) is 9.80 Å². The normalized spacial score (nSPS) is 37.6. The predicted molar refractivity (Wildman–Crippen MR) is 60.4 cm³/mol. The molecule has 4 atom stereocenters. The number of amides is 3. The molecule has 0 aromatic rings. The largest absolute Gasteiger partial charge is 0.394 e. The van der Waals surface area contributed by atoms with E-state index in [1.165, 1.54) is 11.9 Å². The molecule has 2 heterocycles. The SMILES string of the molecule is CC1CN([C@H]2C[C@H](O)[C@@H](CO)O2)C(=O)N(C)C1=O. The molecule has 2 saturated heterocycles. The zero-order valence-corrected chi connectivity index (χ0v) is 10.4. The summed E-state index contributed by atoms with van der Waals surface area (Å²) in [5, 5.41) is 18.7. The Kier molecular flexibility index (Phi) is 3.56. The number of ether oxygens (including phenoxy) is 1. The Morgan fingerprint density at radius 2 is 2.11 bits per heavy atom. The van der Waals surface area contributed by atoms with E-state index in [2.05, 4.69) is 0 Å². The van der Waals surface area contributed by atoms with Gasteiger partial charge in [0.1, 0.15) is 12.3 Å². The molecule has 0 aromatic heterocycles. The van der Waals surface area contributed by atoms with Crippen LogP contribution in [0.4, 0.5) is 4.79 Å². The van der Waals surface area contributed by atoms with E-state index in [1.54, 1.807) is 6.92 Å². The summed E-state index contributed by atoms with van der Waals surface area (Å²) in [5.41, 5.74) is 0. The van der Waals surface area contributed by atoms with Gasteiger partial charge < -0.3 is 14.9 Å². The van der Waals surface area contributed by atoms with Crippen LogP contribution in [-0.2, 0) is 9.53 Å². The molecule has 3 amide bonds. The fourth-order valence-corrected chi connectivity index (χ4v) is 2.38. The maximum Gasteiger partial charge on any atom is 0.328 e. The zero-order chi connectivity index (χ0) is 13.4. The van der Waals surface area contributed by atoms with Crippen molar-refractivity contribution < 1.29 is 24.5 Å². The maximum absolute atomic E-state index is 12.0. The highest BCUT2D eigenvalue weighted by Crippen LogP contribution is 2.27. The van der Waals surface area contributed by atoms with Crippen LogP contribution in [0.25, 0.3) is 0 Å². The summed E-state index contributed by atoms with van der Waals surface area (Å²) >= 11 is 0. The lowest BCUT2D eigenvalue weighted by atomic mass is 10.1. The molecule has 0 spiro atoms. The molecule has 1 unspecified atom stereocenters. The second-order valence-corrected chi connectivity index (χ2v) is 4.85. The molecule has 0 bridgehead atoms. The molecular formula is C11H18N2O5. The topological polar surface area (TPSA) is 90.3 Å². The molecule has 2 aliphatic rings. The Hall–Kier alpha value is -1.18. The Labute approximate surface area is 105 Å². The number of aliphatic hydroxyl groups excluding tert-OH is 2. The van der Waals surface area contributed by atoms with Gasteiger partial charge in [-0.3, -0.25) is 14.6 Å². The van der Waals surface area contributed by atoms with Gasteiger partial charge >= 0.3 is 6.03 Å². The molecule has 0 radical (unpaired) electrons. The number of rotatable bonds is 2. The van der Waals surface area contributed by atoms with Gasteiger partial charge in [-0.2, -0.15) is 0 Å².